The molecule has 0 amide bonds. The fourth-order valence-electron chi connectivity index (χ4n) is 3.81. The van der Waals surface area contributed by atoms with Crippen molar-refractivity contribution in [1.29, 1.82) is 0 Å². The average Bonchev–Trinajstić information content (AvgIpc) is 2.36. The molecule has 1 aromatic carbocycles. The lowest BCUT2D eigenvalue weighted by atomic mass is 9.83. The molecule has 1 heteroatoms. The summed E-state index contributed by atoms with van der Waals surface area (Å²) in [4.78, 5) is 0. The van der Waals surface area contributed by atoms with Crippen LogP contribution in [-0.4, -0.2) is 0 Å². The molecule has 0 heterocycles. The van der Waals surface area contributed by atoms with Crippen molar-refractivity contribution in [3.05, 3.63) is 34.4 Å². The molecule has 1 aromatic rings. The molecule has 1 aliphatic carbocycles. The molecule has 1 fully saturated rings. The van der Waals surface area contributed by atoms with Crippen LogP contribution >= 0.6 is 0 Å². The van der Waals surface area contributed by atoms with E-state index in [4.69, 9.17) is 5.73 Å². The monoisotopic (exact) mass is 259 g/mol. The first-order chi connectivity index (χ1) is 9.08. The molecule has 1 saturated carbocycles. The maximum atomic E-state index is 6.46. The molecule has 1 unspecified atom stereocenters. The maximum absolute atomic E-state index is 6.46. The van der Waals surface area contributed by atoms with Gasteiger partial charge in [0.25, 0.3) is 0 Å². The van der Waals surface area contributed by atoms with Gasteiger partial charge in [0.1, 0.15) is 0 Å². The molecule has 0 saturated heterocycles. The van der Waals surface area contributed by atoms with Gasteiger partial charge in [0.15, 0.2) is 0 Å². The summed E-state index contributed by atoms with van der Waals surface area (Å²) in [6, 6.07) is 4.76. The van der Waals surface area contributed by atoms with Crippen molar-refractivity contribution in [3.8, 4) is 0 Å². The highest BCUT2D eigenvalue weighted by atomic mass is 14.6. The van der Waals surface area contributed by atoms with Crippen LogP contribution < -0.4 is 5.73 Å². The van der Waals surface area contributed by atoms with Crippen LogP contribution in [0.4, 0.5) is 0 Å². The molecule has 1 nitrogen and oxygen atoms in total. The zero-order chi connectivity index (χ0) is 13.8. The molecule has 0 bridgehead atoms. The number of nitrogens with two attached hydrogens (primary N) is 1. The van der Waals surface area contributed by atoms with Crippen molar-refractivity contribution >= 4 is 0 Å². The summed E-state index contributed by atoms with van der Waals surface area (Å²) in [7, 11) is 0. The first kappa shape index (κ1) is 14.6. The van der Waals surface area contributed by atoms with Crippen molar-refractivity contribution in [2.45, 2.75) is 71.8 Å². The standard InChI is InChI=1S/C18H29N/c1-13-11-14(2)18(15(3)12-13)17(19)10-9-16-7-5-4-6-8-16/h11-12,16-17H,4-10,19H2,1-3H3. The maximum Gasteiger partial charge on any atom is 0.0300 e. The van der Waals surface area contributed by atoms with Crippen molar-refractivity contribution in [1.82, 2.24) is 0 Å². The Morgan fingerprint density at radius 1 is 1.05 bits per heavy atom. The van der Waals surface area contributed by atoms with Gasteiger partial charge in [0.05, 0.1) is 0 Å². The fourth-order valence-corrected chi connectivity index (χ4v) is 3.81. The Balaban J connectivity index is 1.97. The molecule has 0 spiro atoms. The molecule has 1 atom stereocenters. The van der Waals surface area contributed by atoms with E-state index in [1.807, 2.05) is 0 Å². The minimum atomic E-state index is 0.225. The van der Waals surface area contributed by atoms with E-state index in [1.54, 1.807) is 0 Å². The second-order valence-corrected chi connectivity index (χ2v) is 6.50. The lowest BCUT2D eigenvalue weighted by Gasteiger charge is -2.24. The summed E-state index contributed by atoms with van der Waals surface area (Å²) in [6.07, 6.45) is 9.63. The van der Waals surface area contributed by atoms with Crippen LogP contribution in [0.3, 0.4) is 0 Å². The number of rotatable bonds is 4. The van der Waals surface area contributed by atoms with E-state index in [2.05, 4.69) is 32.9 Å². The van der Waals surface area contributed by atoms with Gasteiger partial charge in [-0.15, -0.1) is 0 Å². The zero-order valence-corrected chi connectivity index (χ0v) is 12.8. The largest absolute Gasteiger partial charge is 0.324 e. The second-order valence-electron chi connectivity index (χ2n) is 6.50. The molecule has 0 aliphatic heterocycles. The third-order valence-electron chi connectivity index (χ3n) is 4.72. The average molecular weight is 259 g/mol. The fraction of sp³-hybridized carbons (Fsp3) is 0.667. The summed E-state index contributed by atoms with van der Waals surface area (Å²) in [6.45, 7) is 6.57. The molecule has 2 N–H and O–H groups in total. The van der Waals surface area contributed by atoms with Gasteiger partial charge in [-0.3, -0.25) is 0 Å². The second kappa shape index (κ2) is 6.56. The Kier molecular flexibility index (Phi) is 5.04. The van der Waals surface area contributed by atoms with Gasteiger partial charge in [0.2, 0.25) is 0 Å². The van der Waals surface area contributed by atoms with Crippen molar-refractivity contribution in [3.63, 3.8) is 0 Å². The SMILES string of the molecule is Cc1cc(C)c(C(N)CCC2CCCCC2)c(C)c1. The molecule has 0 radical (unpaired) electrons. The summed E-state index contributed by atoms with van der Waals surface area (Å²) in [5, 5.41) is 0. The Morgan fingerprint density at radius 3 is 2.21 bits per heavy atom. The van der Waals surface area contributed by atoms with Gasteiger partial charge in [0, 0.05) is 6.04 Å². The normalized spacial score (nSPS) is 18.5. The zero-order valence-electron chi connectivity index (χ0n) is 12.8. The molecule has 2 rings (SSSR count). The highest BCUT2D eigenvalue weighted by Crippen LogP contribution is 2.31. The molecule has 1 aliphatic rings. The quantitative estimate of drug-likeness (QED) is 0.811. The summed E-state index contributed by atoms with van der Waals surface area (Å²) < 4.78 is 0. The summed E-state index contributed by atoms with van der Waals surface area (Å²) in [5.41, 5.74) is 11.9. The predicted octanol–water partition coefficient (Wildman–Crippen LogP) is 4.97. The van der Waals surface area contributed by atoms with Crippen LogP contribution in [0.25, 0.3) is 0 Å². The Morgan fingerprint density at radius 2 is 1.63 bits per heavy atom. The predicted molar refractivity (Wildman–Crippen MR) is 83.4 cm³/mol. The van der Waals surface area contributed by atoms with Crippen LogP contribution in [0.1, 0.15) is 73.2 Å². The van der Waals surface area contributed by atoms with Crippen LogP contribution in [0.2, 0.25) is 0 Å². The van der Waals surface area contributed by atoms with E-state index in [-0.39, 0.29) is 6.04 Å². The lowest BCUT2D eigenvalue weighted by molar-refractivity contribution is 0.324. The number of hydrogen-bond acceptors (Lipinski definition) is 1. The van der Waals surface area contributed by atoms with E-state index in [1.165, 1.54) is 60.8 Å². The Hall–Kier alpha value is -0.820. The molecule has 19 heavy (non-hydrogen) atoms. The first-order valence-corrected chi connectivity index (χ1v) is 7.91. The van der Waals surface area contributed by atoms with Crippen molar-refractivity contribution in [2.24, 2.45) is 11.7 Å². The third-order valence-corrected chi connectivity index (χ3v) is 4.72. The van der Waals surface area contributed by atoms with Gasteiger partial charge in [-0.25, -0.2) is 0 Å². The van der Waals surface area contributed by atoms with Crippen LogP contribution in [0, 0.1) is 26.7 Å². The van der Waals surface area contributed by atoms with Crippen molar-refractivity contribution < 1.29 is 0 Å². The number of benzene rings is 1. The molecule has 106 valence electrons. The Bertz CT molecular complexity index is 393. The number of aryl methyl sites for hydroxylation is 3. The molecule has 0 aromatic heterocycles. The first-order valence-electron chi connectivity index (χ1n) is 7.91. The van der Waals surface area contributed by atoms with E-state index in [0.29, 0.717) is 0 Å². The van der Waals surface area contributed by atoms with E-state index >= 15 is 0 Å². The van der Waals surface area contributed by atoms with E-state index in [0.717, 1.165) is 12.3 Å². The van der Waals surface area contributed by atoms with Crippen LogP contribution in [0.15, 0.2) is 12.1 Å². The Labute approximate surface area is 118 Å². The lowest BCUT2D eigenvalue weighted by Crippen LogP contribution is -2.16. The highest BCUT2D eigenvalue weighted by Gasteiger charge is 2.17. The van der Waals surface area contributed by atoms with E-state index < -0.39 is 0 Å². The number of hydrogen-bond donors (Lipinski definition) is 1. The molecular formula is C18H29N. The van der Waals surface area contributed by atoms with Gasteiger partial charge in [-0.05, 0) is 56.2 Å². The van der Waals surface area contributed by atoms with Crippen LogP contribution in [0.5, 0.6) is 0 Å². The molecular weight excluding hydrogens is 230 g/mol. The van der Waals surface area contributed by atoms with Crippen LogP contribution in [-0.2, 0) is 0 Å². The van der Waals surface area contributed by atoms with E-state index in [9.17, 15) is 0 Å². The third kappa shape index (κ3) is 3.82. The topological polar surface area (TPSA) is 26.0 Å². The van der Waals surface area contributed by atoms with Gasteiger partial charge in [-0.2, -0.15) is 0 Å². The van der Waals surface area contributed by atoms with Gasteiger partial charge in [-0.1, -0.05) is 49.8 Å². The minimum absolute atomic E-state index is 0.225. The van der Waals surface area contributed by atoms with Crippen molar-refractivity contribution in [2.75, 3.05) is 0 Å². The summed E-state index contributed by atoms with van der Waals surface area (Å²) >= 11 is 0. The highest BCUT2D eigenvalue weighted by molar-refractivity contribution is 5.39. The van der Waals surface area contributed by atoms with Gasteiger partial charge < -0.3 is 5.73 Å². The minimum Gasteiger partial charge on any atom is -0.324 e. The van der Waals surface area contributed by atoms with Gasteiger partial charge >= 0.3 is 0 Å². The summed E-state index contributed by atoms with van der Waals surface area (Å²) in [5.74, 6) is 0.936. The smallest absolute Gasteiger partial charge is 0.0300 e.